The van der Waals surface area contributed by atoms with Gasteiger partial charge in [-0.05, 0) is 32.0 Å². The van der Waals surface area contributed by atoms with Crippen LogP contribution in [0.1, 0.15) is 12.6 Å². The first kappa shape index (κ1) is 9.06. The Balaban J connectivity index is 2.59. The highest BCUT2D eigenvalue weighted by molar-refractivity contribution is 5.83. The van der Waals surface area contributed by atoms with E-state index in [1.165, 1.54) is 5.39 Å². The third-order valence-electron chi connectivity index (χ3n) is 2.32. The van der Waals surface area contributed by atoms with Gasteiger partial charge in [-0.25, -0.2) is 0 Å². The summed E-state index contributed by atoms with van der Waals surface area (Å²) in [5.41, 5.74) is 2.19. The summed E-state index contributed by atoms with van der Waals surface area (Å²) >= 11 is 0. The van der Waals surface area contributed by atoms with Crippen molar-refractivity contribution < 1.29 is 4.74 Å². The van der Waals surface area contributed by atoms with Crippen LogP contribution in [0.3, 0.4) is 0 Å². The van der Waals surface area contributed by atoms with E-state index in [9.17, 15) is 0 Å². The molecule has 1 heterocycles. The molecule has 0 spiro atoms. The molecule has 0 aliphatic heterocycles. The van der Waals surface area contributed by atoms with E-state index in [-0.39, 0.29) is 0 Å². The predicted molar refractivity (Wildman–Crippen MR) is 56.6 cm³/mol. The Hall–Kier alpha value is -1.51. The minimum atomic E-state index is 0.699. The van der Waals surface area contributed by atoms with Gasteiger partial charge in [0.05, 0.1) is 17.8 Å². The van der Waals surface area contributed by atoms with Crippen molar-refractivity contribution in [3.8, 4) is 5.75 Å². The lowest BCUT2D eigenvalue weighted by Gasteiger charge is -2.02. The second-order valence-electron chi connectivity index (χ2n) is 3.32. The third kappa shape index (κ3) is 1.35. The number of hydrogen-bond donors (Lipinski definition) is 0. The van der Waals surface area contributed by atoms with Crippen LogP contribution in [0.15, 0.2) is 18.2 Å². The standard InChI is InChI=1S/C11H14N2O/c1-4-14-9-5-6-11-10(7-9)8(2)12-13(11)3/h5-7H,4H2,1-3H3. The number of rotatable bonds is 2. The molecule has 0 aliphatic carbocycles. The van der Waals surface area contributed by atoms with E-state index < -0.39 is 0 Å². The highest BCUT2D eigenvalue weighted by Gasteiger charge is 2.05. The van der Waals surface area contributed by atoms with E-state index in [2.05, 4.69) is 5.10 Å². The monoisotopic (exact) mass is 190 g/mol. The van der Waals surface area contributed by atoms with E-state index in [0.717, 1.165) is 17.0 Å². The minimum absolute atomic E-state index is 0.699. The molecule has 1 aromatic heterocycles. The molecule has 74 valence electrons. The highest BCUT2D eigenvalue weighted by Crippen LogP contribution is 2.22. The molecule has 0 saturated heterocycles. The van der Waals surface area contributed by atoms with Gasteiger partial charge in [-0.2, -0.15) is 5.10 Å². The molecule has 0 N–H and O–H groups in total. The molecule has 0 unspecified atom stereocenters. The number of aryl methyl sites for hydroxylation is 2. The molecule has 14 heavy (non-hydrogen) atoms. The van der Waals surface area contributed by atoms with E-state index in [1.807, 2.05) is 43.8 Å². The zero-order valence-electron chi connectivity index (χ0n) is 8.74. The molecular formula is C11H14N2O. The lowest BCUT2D eigenvalue weighted by molar-refractivity contribution is 0.340. The van der Waals surface area contributed by atoms with Gasteiger partial charge in [-0.1, -0.05) is 0 Å². The Bertz CT molecular complexity index is 460. The van der Waals surface area contributed by atoms with Gasteiger partial charge in [0.2, 0.25) is 0 Å². The van der Waals surface area contributed by atoms with Gasteiger partial charge in [0.25, 0.3) is 0 Å². The van der Waals surface area contributed by atoms with Gasteiger partial charge in [-0.15, -0.1) is 0 Å². The van der Waals surface area contributed by atoms with E-state index in [1.54, 1.807) is 0 Å². The van der Waals surface area contributed by atoms with E-state index in [0.29, 0.717) is 6.61 Å². The first-order valence-corrected chi connectivity index (χ1v) is 4.78. The van der Waals surface area contributed by atoms with E-state index in [4.69, 9.17) is 4.74 Å². The van der Waals surface area contributed by atoms with Crippen LogP contribution in [0.4, 0.5) is 0 Å². The molecule has 0 fully saturated rings. The summed E-state index contributed by atoms with van der Waals surface area (Å²) in [6.07, 6.45) is 0. The molecule has 3 nitrogen and oxygen atoms in total. The molecule has 0 aliphatic rings. The van der Waals surface area contributed by atoms with Crippen LogP contribution in [0.5, 0.6) is 5.75 Å². The molecule has 0 radical (unpaired) electrons. The summed E-state index contributed by atoms with van der Waals surface area (Å²) in [5, 5.41) is 5.52. The summed E-state index contributed by atoms with van der Waals surface area (Å²) < 4.78 is 7.33. The third-order valence-corrected chi connectivity index (χ3v) is 2.32. The van der Waals surface area contributed by atoms with Crippen LogP contribution in [0, 0.1) is 6.92 Å². The van der Waals surface area contributed by atoms with Gasteiger partial charge in [0, 0.05) is 12.4 Å². The van der Waals surface area contributed by atoms with Crippen molar-refractivity contribution in [3.63, 3.8) is 0 Å². The number of aromatic nitrogens is 2. The summed E-state index contributed by atoms with van der Waals surface area (Å²) in [4.78, 5) is 0. The Kier molecular flexibility index (Phi) is 2.15. The molecule has 2 aromatic rings. The quantitative estimate of drug-likeness (QED) is 0.726. The van der Waals surface area contributed by atoms with Crippen molar-refractivity contribution in [1.82, 2.24) is 9.78 Å². The van der Waals surface area contributed by atoms with Crippen LogP contribution in [0.2, 0.25) is 0 Å². The highest BCUT2D eigenvalue weighted by atomic mass is 16.5. The molecule has 0 saturated carbocycles. The largest absolute Gasteiger partial charge is 0.494 e. The van der Waals surface area contributed by atoms with Crippen LogP contribution in [-0.4, -0.2) is 16.4 Å². The normalized spacial score (nSPS) is 10.8. The number of fused-ring (bicyclic) bond motifs is 1. The fourth-order valence-corrected chi connectivity index (χ4v) is 1.68. The molecule has 3 heteroatoms. The number of hydrogen-bond acceptors (Lipinski definition) is 2. The van der Waals surface area contributed by atoms with Crippen LogP contribution >= 0.6 is 0 Å². The second kappa shape index (κ2) is 3.33. The van der Waals surface area contributed by atoms with Crippen molar-refractivity contribution in [2.75, 3.05) is 6.61 Å². The van der Waals surface area contributed by atoms with Crippen LogP contribution in [0.25, 0.3) is 10.9 Å². The summed E-state index contributed by atoms with van der Waals surface area (Å²) in [6.45, 7) is 4.70. The van der Waals surface area contributed by atoms with Gasteiger partial charge >= 0.3 is 0 Å². The first-order valence-electron chi connectivity index (χ1n) is 4.78. The molecule has 1 aromatic carbocycles. The number of benzene rings is 1. The Labute approximate surface area is 83.3 Å². The molecule has 2 rings (SSSR count). The van der Waals surface area contributed by atoms with Crippen molar-refractivity contribution in [2.45, 2.75) is 13.8 Å². The van der Waals surface area contributed by atoms with Gasteiger partial charge in [0.1, 0.15) is 5.75 Å². The maximum Gasteiger partial charge on any atom is 0.120 e. The lowest BCUT2D eigenvalue weighted by Crippen LogP contribution is -1.91. The van der Waals surface area contributed by atoms with Crippen molar-refractivity contribution in [2.24, 2.45) is 7.05 Å². The average Bonchev–Trinajstić information content (AvgIpc) is 2.43. The van der Waals surface area contributed by atoms with Crippen LogP contribution in [-0.2, 0) is 7.05 Å². The van der Waals surface area contributed by atoms with Gasteiger partial charge < -0.3 is 4.74 Å². The first-order chi connectivity index (χ1) is 6.72. The smallest absolute Gasteiger partial charge is 0.120 e. The second-order valence-corrected chi connectivity index (χ2v) is 3.32. The summed E-state index contributed by atoms with van der Waals surface area (Å²) in [5.74, 6) is 0.913. The Morgan fingerprint density at radius 3 is 2.93 bits per heavy atom. The maximum absolute atomic E-state index is 5.44. The molecule has 0 atom stereocenters. The van der Waals surface area contributed by atoms with Crippen LogP contribution < -0.4 is 4.74 Å². The topological polar surface area (TPSA) is 27.1 Å². The molecular weight excluding hydrogens is 176 g/mol. The van der Waals surface area contributed by atoms with Crippen molar-refractivity contribution >= 4 is 10.9 Å². The van der Waals surface area contributed by atoms with Gasteiger partial charge in [-0.3, -0.25) is 4.68 Å². The summed E-state index contributed by atoms with van der Waals surface area (Å²) in [6, 6.07) is 6.06. The fraction of sp³-hybridized carbons (Fsp3) is 0.364. The summed E-state index contributed by atoms with van der Waals surface area (Å²) in [7, 11) is 1.95. The number of nitrogens with zero attached hydrogens (tertiary/aromatic N) is 2. The average molecular weight is 190 g/mol. The fourth-order valence-electron chi connectivity index (χ4n) is 1.68. The molecule has 0 amide bonds. The van der Waals surface area contributed by atoms with Crippen molar-refractivity contribution in [3.05, 3.63) is 23.9 Å². The zero-order chi connectivity index (χ0) is 10.1. The number of ether oxygens (including phenoxy) is 1. The predicted octanol–water partition coefficient (Wildman–Crippen LogP) is 2.28. The maximum atomic E-state index is 5.44. The Morgan fingerprint density at radius 1 is 1.43 bits per heavy atom. The minimum Gasteiger partial charge on any atom is -0.494 e. The Morgan fingerprint density at radius 2 is 2.21 bits per heavy atom. The zero-order valence-corrected chi connectivity index (χ0v) is 8.74. The van der Waals surface area contributed by atoms with Crippen molar-refractivity contribution in [1.29, 1.82) is 0 Å². The lowest BCUT2D eigenvalue weighted by atomic mass is 10.2. The van der Waals surface area contributed by atoms with Gasteiger partial charge in [0.15, 0.2) is 0 Å². The van der Waals surface area contributed by atoms with E-state index >= 15 is 0 Å². The SMILES string of the molecule is CCOc1ccc2c(c1)c(C)nn2C. The molecule has 0 bridgehead atoms.